The van der Waals surface area contributed by atoms with E-state index >= 15 is 0 Å². The van der Waals surface area contributed by atoms with E-state index in [4.69, 9.17) is 11.6 Å². The Bertz CT molecular complexity index is 911. The molecule has 4 rings (SSSR count). The molecule has 8 heteroatoms. The summed E-state index contributed by atoms with van der Waals surface area (Å²) in [5, 5.41) is 3.86. The van der Waals surface area contributed by atoms with Crippen LogP contribution in [-0.4, -0.2) is 46.1 Å². The number of hydrogen-bond acceptors (Lipinski definition) is 7. The number of para-hydroxylation sites is 1. The van der Waals surface area contributed by atoms with Crippen LogP contribution in [0.2, 0.25) is 5.02 Å². The van der Waals surface area contributed by atoms with Crippen molar-refractivity contribution >= 4 is 35.0 Å². The molecule has 0 spiro atoms. The molecule has 27 heavy (non-hydrogen) atoms. The summed E-state index contributed by atoms with van der Waals surface area (Å²) in [5.74, 6) is 2.23. The maximum absolute atomic E-state index is 6.23. The zero-order valence-corrected chi connectivity index (χ0v) is 15.8. The lowest BCUT2D eigenvalue weighted by Crippen LogP contribution is -2.47. The highest BCUT2D eigenvalue weighted by Crippen LogP contribution is 2.25. The van der Waals surface area contributed by atoms with Gasteiger partial charge in [-0.25, -0.2) is 15.0 Å². The third-order valence-corrected chi connectivity index (χ3v) is 4.73. The van der Waals surface area contributed by atoms with Crippen LogP contribution in [0.3, 0.4) is 0 Å². The highest BCUT2D eigenvalue weighted by atomic mass is 35.5. The van der Waals surface area contributed by atoms with E-state index in [-0.39, 0.29) is 0 Å². The predicted molar refractivity (Wildman–Crippen MR) is 108 cm³/mol. The average molecular weight is 382 g/mol. The standard InChI is InChI=1S/C19H20ClN7/c1-14-13-17(25-18(23-14)24-16-6-3-2-5-15(16)20)26-9-11-27(12-10-26)19-21-7-4-8-22-19/h2-8,13H,9-12H2,1H3,(H,23,24,25). The molecule has 2 aromatic heterocycles. The van der Waals surface area contributed by atoms with Gasteiger partial charge < -0.3 is 15.1 Å². The van der Waals surface area contributed by atoms with Crippen molar-refractivity contribution in [3.05, 3.63) is 59.5 Å². The summed E-state index contributed by atoms with van der Waals surface area (Å²) in [5.41, 5.74) is 1.70. The largest absolute Gasteiger partial charge is 0.353 e. The van der Waals surface area contributed by atoms with Crippen LogP contribution in [0.15, 0.2) is 48.8 Å². The van der Waals surface area contributed by atoms with Gasteiger partial charge >= 0.3 is 0 Å². The minimum absolute atomic E-state index is 0.548. The molecule has 7 nitrogen and oxygen atoms in total. The third-order valence-electron chi connectivity index (χ3n) is 4.40. The summed E-state index contributed by atoms with van der Waals surface area (Å²) in [6.07, 6.45) is 3.55. The Morgan fingerprint density at radius 1 is 0.926 bits per heavy atom. The lowest BCUT2D eigenvalue weighted by Gasteiger charge is -2.35. The van der Waals surface area contributed by atoms with E-state index in [1.807, 2.05) is 43.3 Å². The molecule has 1 aromatic carbocycles. The first kappa shape index (κ1) is 17.5. The van der Waals surface area contributed by atoms with Crippen LogP contribution in [0, 0.1) is 6.92 Å². The quantitative estimate of drug-likeness (QED) is 0.743. The van der Waals surface area contributed by atoms with Crippen LogP contribution in [0.1, 0.15) is 5.69 Å². The van der Waals surface area contributed by atoms with Gasteiger partial charge in [0.15, 0.2) is 0 Å². The van der Waals surface area contributed by atoms with E-state index in [9.17, 15) is 0 Å². The second-order valence-electron chi connectivity index (χ2n) is 6.32. The van der Waals surface area contributed by atoms with Crippen LogP contribution < -0.4 is 15.1 Å². The molecule has 1 aliphatic rings. The number of halogens is 1. The Balaban J connectivity index is 1.48. The van der Waals surface area contributed by atoms with Gasteiger partial charge in [-0.3, -0.25) is 0 Å². The first-order valence-corrected chi connectivity index (χ1v) is 9.21. The molecule has 3 aromatic rings. The van der Waals surface area contributed by atoms with Gasteiger partial charge in [-0.2, -0.15) is 4.98 Å². The molecule has 0 bridgehead atoms. The number of piperazine rings is 1. The van der Waals surface area contributed by atoms with Crippen LogP contribution in [0.4, 0.5) is 23.4 Å². The minimum atomic E-state index is 0.548. The van der Waals surface area contributed by atoms with Crippen molar-refractivity contribution < 1.29 is 0 Å². The Morgan fingerprint density at radius 3 is 2.37 bits per heavy atom. The SMILES string of the molecule is Cc1cc(N2CCN(c3ncccn3)CC2)nc(Nc2ccccc2Cl)n1. The highest BCUT2D eigenvalue weighted by molar-refractivity contribution is 6.33. The van der Waals surface area contributed by atoms with Gasteiger partial charge in [-0.15, -0.1) is 0 Å². The number of benzene rings is 1. The normalized spacial score (nSPS) is 14.3. The molecule has 0 saturated carbocycles. The first-order chi connectivity index (χ1) is 13.2. The number of aryl methyl sites for hydroxylation is 1. The van der Waals surface area contributed by atoms with Crippen LogP contribution in [0.25, 0.3) is 0 Å². The van der Waals surface area contributed by atoms with E-state index in [0.29, 0.717) is 11.0 Å². The maximum atomic E-state index is 6.23. The summed E-state index contributed by atoms with van der Waals surface area (Å²) in [4.78, 5) is 22.3. The number of hydrogen-bond donors (Lipinski definition) is 1. The van der Waals surface area contributed by atoms with E-state index in [2.05, 4.69) is 35.1 Å². The fourth-order valence-electron chi connectivity index (χ4n) is 3.04. The molecule has 1 N–H and O–H groups in total. The van der Waals surface area contributed by atoms with Gasteiger partial charge in [-0.05, 0) is 25.1 Å². The van der Waals surface area contributed by atoms with Crippen molar-refractivity contribution in [3.8, 4) is 0 Å². The lowest BCUT2D eigenvalue weighted by atomic mass is 10.3. The van der Waals surface area contributed by atoms with Crippen molar-refractivity contribution in [2.45, 2.75) is 6.92 Å². The number of nitrogens with one attached hydrogen (secondary N) is 1. The molecule has 0 radical (unpaired) electrons. The topological polar surface area (TPSA) is 70.1 Å². The Kier molecular flexibility index (Phi) is 5.02. The fourth-order valence-corrected chi connectivity index (χ4v) is 3.23. The summed E-state index contributed by atoms with van der Waals surface area (Å²) in [6, 6.07) is 11.4. The molecular weight excluding hydrogens is 362 g/mol. The molecular formula is C19H20ClN7. The number of nitrogens with zero attached hydrogens (tertiary/aromatic N) is 6. The van der Waals surface area contributed by atoms with E-state index < -0.39 is 0 Å². The monoisotopic (exact) mass is 381 g/mol. The molecule has 1 fully saturated rings. The van der Waals surface area contributed by atoms with Crippen molar-refractivity contribution in [2.24, 2.45) is 0 Å². The van der Waals surface area contributed by atoms with Crippen molar-refractivity contribution in [2.75, 3.05) is 41.3 Å². The van der Waals surface area contributed by atoms with Gasteiger partial charge in [-0.1, -0.05) is 23.7 Å². The predicted octanol–water partition coefficient (Wildman–Crippen LogP) is 3.30. The van der Waals surface area contributed by atoms with Crippen molar-refractivity contribution in [1.29, 1.82) is 0 Å². The van der Waals surface area contributed by atoms with Gasteiger partial charge in [0.25, 0.3) is 0 Å². The van der Waals surface area contributed by atoms with E-state index in [1.54, 1.807) is 12.4 Å². The average Bonchev–Trinajstić information content (AvgIpc) is 2.70. The molecule has 0 aliphatic carbocycles. The Hall–Kier alpha value is -2.93. The Morgan fingerprint density at radius 2 is 1.63 bits per heavy atom. The molecule has 0 atom stereocenters. The summed E-state index contributed by atoms with van der Waals surface area (Å²) in [6.45, 7) is 5.36. The van der Waals surface area contributed by atoms with E-state index in [0.717, 1.165) is 49.3 Å². The van der Waals surface area contributed by atoms with Crippen LogP contribution >= 0.6 is 11.6 Å². The smallest absolute Gasteiger partial charge is 0.229 e. The number of rotatable bonds is 4. The van der Waals surface area contributed by atoms with Crippen LogP contribution in [-0.2, 0) is 0 Å². The second-order valence-corrected chi connectivity index (χ2v) is 6.73. The summed E-state index contributed by atoms with van der Waals surface area (Å²) < 4.78 is 0. The molecule has 0 unspecified atom stereocenters. The zero-order chi connectivity index (χ0) is 18.6. The highest BCUT2D eigenvalue weighted by Gasteiger charge is 2.20. The van der Waals surface area contributed by atoms with Crippen molar-refractivity contribution in [1.82, 2.24) is 19.9 Å². The van der Waals surface area contributed by atoms with Crippen LogP contribution in [0.5, 0.6) is 0 Å². The van der Waals surface area contributed by atoms with Gasteiger partial charge in [0.2, 0.25) is 11.9 Å². The number of aromatic nitrogens is 4. The van der Waals surface area contributed by atoms with Gasteiger partial charge in [0.1, 0.15) is 5.82 Å². The second kappa shape index (κ2) is 7.75. The summed E-state index contributed by atoms with van der Waals surface area (Å²) in [7, 11) is 0. The first-order valence-electron chi connectivity index (χ1n) is 8.83. The fraction of sp³-hybridized carbons (Fsp3) is 0.263. The maximum Gasteiger partial charge on any atom is 0.229 e. The van der Waals surface area contributed by atoms with Gasteiger partial charge in [0, 0.05) is 50.3 Å². The molecule has 1 saturated heterocycles. The zero-order valence-electron chi connectivity index (χ0n) is 15.0. The van der Waals surface area contributed by atoms with Gasteiger partial charge in [0.05, 0.1) is 10.7 Å². The lowest BCUT2D eigenvalue weighted by molar-refractivity contribution is 0.634. The van der Waals surface area contributed by atoms with E-state index in [1.165, 1.54) is 0 Å². The minimum Gasteiger partial charge on any atom is -0.353 e. The summed E-state index contributed by atoms with van der Waals surface area (Å²) >= 11 is 6.23. The Labute approximate surface area is 163 Å². The third kappa shape index (κ3) is 4.09. The number of anilines is 4. The van der Waals surface area contributed by atoms with Crippen molar-refractivity contribution in [3.63, 3.8) is 0 Å². The molecule has 138 valence electrons. The molecule has 0 amide bonds. The molecule has 1 aliphatic heterocycles. The molecule has 3 heterocycles.